The molecule has 0 aliphatic rings. The van der Waals surface area contributed by atoms with Crippen LogP contribution in [-0.2, 0) is 16.6 Å². The number of anilines is 1. The molecule has 3 amide bonds. The summed E-state index contributed by atoms with van der Waals surface area (Å²) in [5.41, 5.74) is 2.78. The van der Waals surface area contributed by atoms with Crippen LogP contribution in [0.3, 0.4) is 0 Å². The Hall–Kier alpha value is -4.01. The lowest BCUT2D eigenvalue weighted by molar-refractivity contribution is -0.617. The van der Waals surface area contributed by atoms with E-state index in [0.29, 0.717) is 11.4 Å². The smallest absolute Gasteiger partial charge is 0.411 e. The summed E-state index contributed by atoms with van der Waals surface area (Å²) in [5, 5.41) is 18.2. The number of carbonyl (C=O) groups excluding carboxylic acids is 3. The van der Waals surface area contributed by atoms with Gasteiger partial charge in [-0.15, -0.1) is 0 Å². The van der Waals surface area contributed by atoms with Crippen LogP contribution >= 0.6 is 0 Å². The maximum absolute atomic E-state index is 12.0. The Kier molecular flexibility index (Phi) is 7.10. The van der Waals surface area contributed by atoms with Crippen LogP contribution in [0.25, 0.3) is 21.8 Å². The van der Waals surface area contributed by atoms with E-state index in [2.05, 4.69) is 20.9 Å². The van der Waals surface area contributed by atoms with E-state index in [1.807, 2.05) is 35.9 Å². The van der Waals surface area contributed by atoms with Crippen LogP contribution in [0.15, 0.2) is 47.5 Å². The number of aromatic nitrogens is 1. The molecule has 1 heterocycles. The summed E-state index contributed by atoms with van der Waals surface area (Å²) < 4.78 is 7.00. The Morgan fingerprint density at radius 1 is 1.06 bits per heavy atom. The second kappa shape index (κ2) is 10.1. The lowest BCUT2D eigenvalue weighted by atomic mass is 10.1. The normalized spacial score (nSPS) is 10.4. The number of pyridine rings is 1. The first kappa shape index (κ1) is 21.7. The maximum Gasteiger partial charge on any atom is 0.411 e. The summed E-state index contributed by atoms with van der Waals surface area (Å²) in [6.07, 6.45) is 0.890. The minimum absolute atomic E-state index is 0.00952. The summed E-state index contributed by atoms with van der Waals surface area (Å²) in [6, 6.07) is 12.4. The molecule has 10 heteroatoms. The number of aliphatic hydroxyl groups excluding tert-OH is 1. The van der Waals surface area contributed by atoms with Crippen LogP contribution in [0.5, 0.6) is 0 Å². The van der Waals surface area contributed by atoms with E-state index in [-0.39, 0.29) is 26.3 Å². The first-order valence-electron chi connectivity index (χ1n) is 9.52. The third-order valence-electron chi connectivity index (χ3n) is 4.52. The predicted octanol–water partition coefficient (Wildman–Crippen LogP) is 1.62. The Balaban J connectivity index is 1.68. The highest BCUT2D eigenvalue weighted by molar-refractivity contribution is 5.93. The number of ether oxygens (including phenoxy) is 1. The van der Waals surface area contributed by atoms with Gasteiger partial charge in [-0.3, -0.25) is 5.32 Å². The van der Waals surface area contributed by atoms with Gasteiger partial charge >= 0.3 is 12.1 Å². The standard InChI is InChI=1S/C21H21N5O5/c1-26-18-11-16(24-13-28)4-2-14(18)10-15-3-5-17(12-19(15)26)25-21(30)31-9-7-23-20(29)22-6-8-27/h2-5,10-12,27H,6-9H2,1H3,(H2,22,23,29)/p+1. The molecular weight excluding hydrogens is 402 g/mol. The van der Waals surface area contributed by atoms with E-state index < -0.39 is 12.1 Å². The molecule has 0 fully saturated rings. The lowest BCUT2D eigenvalue weighted by Gasteiger charge is -2.09. The summed E-state index contributed by atoms with van der Waals surface area (Å²) >= 11 is 0. The van der Waals surface area contributed by atoms with Crippen molar-refractivity contribution in [3.63, 3.8) is 0 Å². The average molecular weight is 424 g/mol. The number of aliphatic imine (C=N–C) groups is 1. The fraction of sp³-hybridized carbons (Fsp3) is 0.238. The number of rotatable bonds is 7. The van der Waals surface area contributed by atoms with Gasteiger partial charge in [0.05, 0.1) is 24.5 Å². The van der Waals surface area contributed by atoms with Gasteiger partial charge in [-0.05, 0) is 30.3 Å². The molecular formula is C21H22N5O5+. The third-order valence-corrected chi connectivity index (χ3v) is 4.52. The molecule has 0 saturated heterocycles. The second-order valence-corrected chi connectivity index (χ2v) is 6.59. The molecule has 0 radical (unpaired) electrons. The molecule has 0 aliphatic carbocycles. The third kappa shape index (κ3) is 5.53. The van der Waals surface area contributed by atoms with E-state index in [4.69, 9.17) is 9.84 Å². The Labute approximate surface area is 177 Å². The van der Waals surface area contributed by atoms with Gasteiger partial charge in [0.1, 0.15) is 13.7 Å². The van der Waals surface area contributed by atoms with Crippen molar-refractivity contribution in [1.29, 1.82) is 0 Å². The minimum atomic E-state index is -0.650. The molecule has 1 aromatic heterocycles. The van der Waals surface area contributed by atoms with Gasteiger partial charge in [0, 0.05) is 29.4 Å². The Morgan fingerprint density at radius 2 is 1.77 bits per heavy atom. The number of carbonyl (C=O) groups is 2. The van der Waals surface area contributed by atoms with Crippen molar-refractivity contribution < 1.29 is 28.8 Å². The zero-order valence-corrected chi connectivity index (χ0v) is 16.8. The summed E-state index contributed by atoms with van der Waals surface area (Å²) in [7, 11) is 1.88. The Bertz CT molecular complexity index is 1170. The van der Waals surface area contributed by atoms with Gasteiger partial charge in [-0.1, -0.05) is 0 Å². The number of urea groups is 1. The van der Waals surface area contributed by atoms with E-state index >= 15 is 0 Å². The second-order valence-electron chi connectivity index (χ2n) is 6.59. The van der Waals surface area contributed by atoms with E-state index in [9.17, 15) is 14.4 Å². The molecule has 0 spiro atoms. The van der Waals surface area contributed by atoms with Crippen molar-refractivity contribution in [2.75, 3.05) is 31.6 Å². The van der Waals surface area contributed by atoms with Gasteiger partial charge in [0.25, 0.3) is 0 Å². The molecule has 160 valence electrons. The highest BCUT2D eigenvalue weighted by Crippen LogP contribution is 2.24. The SMILES string of the molecule is C[n+]1c2cc(N=C=O)ccc2cc2ccc(NC(=O)OCCNC(=O)NCCO)cc21. The van der Waals surface area contributed by atoms with Crippen molar-refractivity contribution in [1.82, 2.24) is 10.6 Å². The number of aliphatic hydroxyl groups is 1. The van der Waals surface area contributed by atoms with Crippen LogP contribution < -0.4 is 20.5 Å². The number of benzene rings is 2. The zero-order valence-electron chi connectivity index (χ0n) is 16.8. The predicted molar refractivity (Wildman–Crippen MR) is 114 cm³/mol. The molecule has 10 nitrogen and oxygen atoms in total. The number of aryl methyl sites for hydroxylation is 1. The summed E-state index contributed by atoms with van der Waals surface area (Å²) in [5.74, 6) is 0. The number of nitrogens with one attached hydrogen (secondary N) is 3. The van der Waals surface area contributed by atoms with Crippen molar-refractivity contribution in [3.05, 3.63) is 42.5 Å². The van der Waals surface area contributed by atoms with E-state index in [1.54, 1.807) is 18.2 Å². The van der Waals surface area contributed by atoms with Crippen molar-refractivity contribution in [2.45, 2.75) is 0 Å². The average Bonchev–Trinajstić information content (AvgIpc) is 2.76. The molecule has 0 saturated carbocycles. The number of fused-ring (bicyclic) bond motifs is 2. The van der Waals surface area contributed by atoms with Crippen LogP contribution in [0.2, 0.25) is 0 Å². The van der Waals surface area contributed by atoms with Crippen molar-refractivity contribution in [2.24, 2.45) is 12.0 Å². The lowest BCUT2D eigenvalue weighted by Crippen LogP contribution is -2.38. The molecule has 2 aromatic carbocycles. The van der Waals surface area contributed by atoms with Crippen molar-refractivity contribution >= 4 is 51.4 Å². The van der Waals surface area contributed by atoms with Crippen molar-refractivity contribution in [3.8, 4) is 0 Å². The number of hydrogen-bond acceptors (Lipinski definition) is 6. The van der Waals surface area contributed by atoms with Gasteiger partial charge in [0.15, 0.2) is 0 Å². The number of hydrogen-bond donors (Lipinski definition) is 4. The topological polar surface area (TPSA) is 133 Å². The molecule has 31 heavy (non-hydrogen) atoms. The van der Waals surface area contributed by atoms with E-state index in [1.165, 1.54) is 6.08 Å². The van der Waals surface area contributed by atoms with Gasteiger partial charge in [-0.25, -0.2) is 14.4 Å². The van der Waals surface area contributed by atoms with Crippen LogP contribution in [0.1, 0.15) is 0 Å². The van der Waals surface area contributed by atoms with Crippen LogP contribution in [0.4, 0.5) is 21.0 Å². The molecule has 0 unspecified atom stereocenters. The van der Waals surface area contributed by atoms with E-state index in [0.717, 1.165) is 21.8 Å². The van der Waals surface area contributed by atoms with Crippen LogP contribution in [0, 0.1) is 0 Å². The zero-order chi connectivity index (χ0) is 22.2. The largest absolute Gasteiger partial charge is 0.447 e. The molecule has 0 bridgehead atoms. The summed E-state index contributed by atoms with van der Waals surface area (Å²) in [4.78, 5) is 37.6. The molecule has 0 aliphatic heterocycles. The molecule has 0 atom stereocenters. The monoisotopic (exact) mass is 424 g/mol. The highest BCUT2D eigenvalue weighted by atomic mass is 16.5. The Morgan fingerprint density at radius 3 is 2.52 bits per heavy atom. The molecule has 3 rings (SSSR count). The first-order chi connectivity index (χ1) is 15.0. The van der Waals surface area contributed by atoms with Crippen LogP contribution in [-0.4, -0.2) is 49.6 Å². The molecule has 4 N–H and O–H groups in total. The minimum Gasteiger partial charge on any atom is -0.447 e. The number of isocyanates is 1. The number of amides is 3. The van der Waals surface area contributed by atoms with Gasteiger partial charge in [0.2, 0.25) is 17.1 Å². The quantitative estimate of drug-likeness (QED) is 0.150. The highest BCUT2D eigenvalue weighted by Gasteiger charge is 2.14. The number of nitrogens with zero attached hydrogens (tertiary/aromatic N) is 2. The molecule has 3 aromatic rings. The van der Waals surface area contributed by atoms with Gasteiger partial charge < -0.3 is 20.5 Å². The summed E-state index contributed by atoms with van der Waals surface area (Å²) in [6.45, 7) is 0.117. The fourth-order valence-corrected chi connectivity index (χ4v) is 3.09. The maximum atomic E-state index is 12.0. The first-order valence-corrected chi connectivity index (χ1v) is 9.52. The van der Waals surface area contributed by atoms with Gasteiger partial charge in [-0.2, -0.15) is 9.56 Å². The fourth-order valence-electron chi connectivity index (χ4n) is 3.09.